The van der Waals surface area contributed by atoms with E-state index in [9.17, 15) is 4.79 Å². The van der Waals surface area contributed by atoms with Crippen molar-refractivity contribution in [1.29, 1.82) is 0 Å². The van der Waals surface area contributed by atoms with Gasteiger partial charge in [0.15, 0.2) is 22.5 Å². The molecule has 2 aromatic carbocycles. The highest BCUT2D eigenvalue weighted by molar-refractivity contribution is 8.00. The minimum absolute atomic E-state index is 0.153. The third-order valence-electron chi connectivity index (χ3n) is 4.85. The number of allylic oxidation sites excluding steroid dienone is 1. The molecule has 1 amide bonds. The first kappa shape index (κ1) is 21.8. The van der Waals surface area contributed by atoms with Crippen LogP contribution >= 0.6 is 11.8 Å². The van der Waals surface area contributed by atoms with Crippen LogP contribution in [-0.2, 0) is 17.9 Å². The van der Waals surface area contributed by atoms with Gasteiger partial charge in [0.1, 0.15) is 12.4 Å². The summed E-state index contributed by atoms with van der Waals surface area (Å²) in [5.74, 6) is 2.60. The second-order valence-corrected chi connectivity index (χ2v) is 8.48. The molecular formula is C23H24N4O4S. The quantitative estimate of drug-likeness (QED) is 0.385. The Balaban J connectivity index is 1.41. The Morgan fingerprint density at radius 3 is 2.91 bits per heavy atom. The molecule has 0 radical (unpaired) electrons. The van der Waals surface area contributed by atoms with Crippen LogP contribution in [0, 0.1) is 6.92 Å². The van der Waals surface area contributed by atoms with Crippen molar-refractivity contribution < 1.29 is 19.0 Å². The maximum atomic E-state index is 12.7. The lowest BCUT2D eigenvalue weighted by Gasteiger charge is -2.13. The smallest absolute Gasteiger partial charge is 0.237 e. The Labute approximate surface area is 190 Å². The van der Waals surface area contributed by atoms with Crippen molar-refractivity contribution in [3.05, 3.63) is 66.5 Å². The van der Waals surface area contributed by atoms with E-state index in [1.165, 1.54) is 11.8 Å². The average molecular weight is 453 g/mol. The minimum Gasteiger partial charge on any atom is -0.485 e. The number of fused-ring (bicyclic) bond motifs is 1. The molecule has 1 atom stereocenters. The van der Waals surface area contributed by atoms with Crippen molar-refractivity contribution in [1.82, 2.24) is 14.8 Å². The Morgan fingerprint density at radius 2 is 2.09 bits per heavy atom. The molecule has 1 aliphatic heterocycles. The first-order chi connectivity index (χ1) is 15.5. The summed E-state index contributed by atoms with van der Waals surface area (Å²) in [7, 11) is 0. The lowest BCUT2D eigenvalue weighted by atomic mass is 10.2. The topological polar surface area (TPSA) is 87.5 Å². The third kappa shape index (κ3) is 4.88. The van der Waals surface area contributed by atoms with Crippen molar-refractivity contribution in [2.45, 2.75) is 37.4 Å². The van der Waals surface area contributed by atoms with E-state index in [2.05, 4.69) is 22.1 Å². The van der Waals surface area contributed by atoms with Crippen molar-refractivity contribution >= 4 is 23.4 Å². The van der Waals surface area contributed by atoms with Gasteiger partial charge >= 0.3 is 0 Å². The molecule has 4 rings (SSSR count). The summed E-state index contributed by atoms with van der Waals surface area (Å²) in [5, 5.41) is 11.7. The van der Waals surface area contributed by atoms with Crippen molar-refractivity contribution in [3.63, 3.8) is 0 Å². The number of hydrogen-bond donors (Lipinski definition) is 1. The lowest BCUT2D eigenvalue weighted by molar-refractivity contribution is -0.115. The number of nitrogens with zero attached hydrogens (tertiary/aromatic N) is 3. The Morgan fingerprint density at radius 1 is 1.28 bits per heavy atom. The van der Waals surface area contributed by atoms with Gasteiger partial charge < -0.3 is 19.5 Å². The molecule has 0 bridgehead atoms. The van der Waals surface area contributed by atoms with Gasteiger partial charge in [-0.05, 0) is 37.6 Å². The van der Waals surface area contributed by atoms with Crippen LogP contribution in [0.5, 0.6) is 17.2 Å². The number of thioether (sulfide) groups is 1. The number of aryl methyl sites for hydroxylation is 1. The molecular weight excluding hydrogens is 428 g/mol. The number of anilines is 1. The summed E-state index contributed by atoms with van der Waals surface area (Å²) in [6, 6.07) is 13.1. The number of benzene rings is 2. The lowest BCUT2D eigenvalue weighted by Crippen LogP contribution is -2.23. The SMILES string of the molecule is C=CCn1c(COc2ccccc2C)nnc1SC(C)C(=O)Nc1ccc2c(c1)OCO2. The number of carbonyl (C=O) groups is 1. The Bertz CT molecular complexity index is 1130. The molecule has 9 heteroatoms. The molecule has 0 fully saturated rings. The monoisotopic (exact) mass is 452 g/mol. The largest absolute Gasteiger partial charge is 0.485 e. The fourth-order valence-electron chi connectivity index (χ4n) is 3.12. The molecule has 1 N–H and O–H groups in total. The van der Waals surface area contributed by atoms with E-state index in [0.29, 0.717) is 34.7 Å². The maximum absolute atomic E-state index is 12.7. The highest BCUT2D eigenvalue weighted by Crippen LogP contribution is 2.34. The standard InChI is InChI=1S/C23H24N4O4S/c1-4-11-27-21(13-29-18-8-6-5-7-15(18)2)25-26-23(27)32-16(3)22(28)24-17-9-10-19-20(12-17)31-14-30-19/h4-10,12,16H,1,11,13-14H2,2-3H3,(H,24,28). The number of amides is 1. The molecule has 3 aromatic rings. The van der Waals surface area contributed by atoms with E-state index in [4.69, 9.17) is 14.2 Å². The van der Waals surface area contributed by atoms with Gasteiger partial charge in [0.2, 0.25) is 12.7 Å². The predicted molar refractivity (Wildman–Crippen MR) is 122 cm³/mol. The number of rotatable bonds is 9. The summed E-state index contributed by atoms with van der Waals surface area (Å²) in [6.07, 6.45) is 1.77. The van der Waals surface area contributed by atoms with E-state index < -0.39 is 5.25 Å². The zero-order valence-corrected chi connectivity index (χ0v) is 18.7. The van der Waals surface area contributed by atoms with Crippen LogP contribution in [0.25, 0.3) is 0 Å². The van der Waals surface area contributed by atoms with Crippen LogP contribution in [0.2, 0.25) is 0 Å². The fraction of sp³-hybridized carbons (Fsp3) is 0.261. The first-order valence-corrected chi connectivity index (χ1v) is 11.0. The number of carbonyl (C=O) groups excluding carboxylic acids is 1. The number of aromatic nitrogens is 3. The van der Waals surface area contributed by atoms with Crippen LogP contribution in [0.3, 0.4) is 0 Å². The fourth-order valence-corrected chi connectivity index (χ4v) is 3.99. The number of ether oxygens (including phenoxy) is 3. The van der Waals surface area contributed by atoms with Gasteiger partial charge in [-0.1, -0.05) is 36.0 Å². The summed E-state index contributed by atoms with van der Waals surface area (Å²) < 4.78 is 18.5. The third-order valence-corrected chi connectivity index (χ3v) is 5.93. The van der Waals surface area contributed by atoms with E-state index in [0.717, 1.165) is 11.3 Å². The molecule has 0 aliphatic carbocycles. The highest BCUT2D eigenvalue weighted by Gasteiger charge is 2.21. The minimum atomic E-state index is -0.404. The van der Waals surface area contributed by atoms with Gasteiger partial charge in [0.25, 0.3) is 0 Å². The first-order valence-electron chi connectivity index (χ1n) is 10.1. The molecule has 1 unspecified atom stereocenters. The van der Waals surface area contributed by atoms with Crippen LogP contribution < -0.4 is 19.5 Å². The molecule has 8 nitrogen and oxygen atoms in total. The molecule has 1 aromatic heterocycles. The van der Waals surface area contributed by atoms with Crippen molar-refractivity contribution in [3.8, 4) is 17.2 Å². The van der Waals surface area contributed by atoms with Gasteiger partial charge in [0.05, 0.1) is 5.25 Å². The van der Waals surface area contributed by atoms with Crippen LogP contribution in [0.4, 0.5) is 5.69 Å². The average Bonchev–Trinajstić information content (AvgIpc) is 3.40. The molecule has 0 saturated heterocycles. The summed E-state index contributed by atoms with van der Waals surface area (Å²) in [6.45, 7) is 8.60. The summed E-state index contributed by atoms with van der Waals surface area (Å²) >= 11 is 1.33. The number of nitrogens with one attached hydrogen (secondary N) is 1. The molecule has 32 heavy (non-hydrogen) atoms. The molecule has 0 spiro atoms. The van der Waals surface area contributed by atoms with Gasteiger partial charge in [-0.15, -0.1) is 16.8 Å². The van der Waals surface area contributed by atoms with Crippen LogP contribution in [-0.4, -0.2) is 32.7 Å². The van der Waals surface area contributed by atoms with Crippen LogP contribution in [0.1, 0.15) is 18.3 Å². The second-order valence-electron chi connectivity index (χ2n) is 7.17. The molecule has 166 valence electrons. The van der Waals surface area contributed by atoms with Gasteiger partial charge in [-0.25, -0.2) is 0 Å². The van der Waals surface area contributed by atoms with E-state index in [1.807, 2.05) is 42.7 Å². The molecule has 1 aliphatic rings. The van der Waals surface area contributed by atoms with Crippen LogP contribution in [0.15, 0.2) is 60.3 Å². The number of para-hydroxylation sites is 1. The van der Waals surface area contributed by atoms with E-state index in [1.54, 1.807) is 24.3 Å². The normalized spacial score (nSPS) is 12.9. The highest BCUT2D eigenvalue weighted by atomic mass is 32.2. The Kier molecular flexibility index (Phi) is 6.65. The number of hydrogen-bond acceptors (Lipinski definition) is 7. The van der Waals surface area contributed by atoms with E-state index in [-0.39, 0.29) is 19.3 Å². The second kappa shape index (κ2) is 9.78. The van der Waals surface area contributed by atoms with Gasteiger partial charge in [0, 0.05) is 18.3 Å². The van der Waals surface area contributed by atoms with Gasteiger partial charge in [-0.2, -0.15) is 0 Å². The molecule has 0 saturated carbocycles. The molecule has 2 heterocycles. The summed E-state index contributed by atoms with van der Waals surface area (Å²) in [5.41, 5.74) is 1.69. The zero-order valence-electron chi connectivity index (χ0n) is 17.9. The van der Waals surface area contributed by atoms with Crippen molar-refractivity contribution in [2.75, 3.05) is 12.1 Å². The van der Waals surface area contributed by atoms with E-state index >= 15 is 0 Å². The van der Waals surface area contributed by atoms with Crippen molar-refractivity contribution in [2.24, 2.45) is 0 Å². The van der Waals surface area contributed by atoms with Gasteiger partial charge in [-0.3, -0.25) is 9.36 Å². The summed E-state index contributed by atoms with van der Waals surface area (Å²) in [4.78, 5) is 12.7. The zero-order chi connectivity index (χ0) is 22.5. The predicted octanol–water partition coefficient (Wildman–Crippen LogP) is 4.20. The maximum Gasteiger partial charge on any atom is 0.237 e. The Hall–Kier alpha value is -3.46.